The van der Waals surface area contributed by atoms with Gasteiger partial charge in [-0.2, -0.15) is 0 Å². The third kappa shape index (κ3) is 3.05. The molecule has 1 aliphatic rings. The lowest BCUT2D eigenvalue weighted by Crippen LogP contribution is -2.48. The predicted molar refractivity (Wildman–Crippen MR) is 83.9 cm³/mol. The minimum absolute atomic E-state index is 0.265. The van der Waals surface area contributed by atoms with Gasteiger partial charge in [0, 0.05) is 50.7 Å². The van der Waals surface area contributed by atoms with Crippen molar-refractivity contribution >= 4 is 16.8 Å². The minimum Gasteiger partial charge on any atom is -0.340 e. The van der Waals surface area contributed by atoms with E-state index in [4.69, 9.17) is 0 Å². The lowest BCUT2D eigenvalue weighted by molar-refractivity contribution is -0.132. The highest BCUT2D eigenvalue weighted by Crippen LogP contribution is 2.18. The molecule has 0 aliphatic carbocycles. The first-order valence-corrected chi connectivity index (χ1v) is 7.60. The zero-order valence-electron chi connectivity index (χ0n) is 12.5. The van der Waals surface area contributed by atoms with E-state index in [2.05, 4.69) is 34.1 Å². The van der Waals surface area contributed by atoms with E-state index in [0.717, 1.165) is 38.2 Å². The van der Waals surface area contributed by atoms with E-state index in [9.17, 15) is 4.79 Å². The number of para-hydroxylation sites is 1. The quantitative estimate of drug-likeness (QED) is 0.867. The fraction of sp³-hybridized carbons (Fsp3) is 0.412. The van der Waals surface area contributed by atoms with Crippen LogP contribution in [0.3, 0.4) is 0 Å². The Labute approximate surface area is 125 Å². The van der Waals surface area contributed by atoms with Crippen molar-refractivity contribution in [2.24, 2.45) is 0 Å². The number of rotatable bonds is 3. The summed E-state index contributed by atoms with van der Waals surface area (Å²) < 4.78 is 0. The van der Waals surface area contributed by atoms with Crippen LogP contribution in [0, 0.1) is 0 Å². The molecule has 3 rings (SSSR count). The molecule has 0 unspecified atom stereocenters. The summed E-state index contributed by atoms with van der Waals surface area (Å²) in [7, 11) is 0. The van der Waals surface area contributed by atoms with Crippen LogP contribution in [0.4, 0.5) is 0 Å². The molecule has 21 heavy (non-hydrogen) atoms. The van der Waals surface area contributed by atoms with Crippen molar-refractivity contribution in [2.45, 2.75) is 19.9 Å². The Hall–Kier alpha value is -1.94. The van der Waals surface area contributed by atoms with Gasteiger partial charge in [0.25, 0.3) is 0 Å². The number of carbonyl (C=O) groups is 1. The van der Waals surface area contributed by atoms with Crippen molar-refractivity contribution in [3.8, 4) is 0 Å². The number of nitrogens with zero attached hydrogens (tertiary/aromatic N) is 3. The second kappa shape index (κ2) is 6.22. The monoisotopic (exact) mass is 283 g/mol. The summed E-state index contributed by atoms with van der Waals surface area (Å²) in [6, 6.07) is 10.4. The van der Waals surface area contributed by atoms with Gasteiger partial charge in [-0.3, -0.25) is 14.7 Å². The van der Waals surface area contributed by atoms with Crippen molar-refractivity contribution in [3.63, 3.8) is 0 Å². The van der Waals surface area contributed by atoms with E-state index in [-0.39, 0.29) is 5.91 Å². The molecule has 0 bridgehead atoms. The molecular formula is C17H21N3O. The highest BCUT2D eigenvalue weighted by Gasteiger charge is 2.20. The molecule has 0 atom stereocenters. The molecule has 4 nitrogen and oxygen atoms in total. The van der Waals surface area contributed by atoms with Crippen LogP contribution in [0.5, 0.6) is 0 Å². The van der Waals surface area contributed by atoms with Crippen molar-refractivity contribution in [1.29, 1.82) is 0 Å². The molecule has 1 aliphatic heterocycles. The van der Waals surface area contributed by atoms with Gasteiger partial charge in [-0.15, -0.1) is 0 Å². The number of benzene rings is 1. The Balaban J connectivity index is 1.69. The van der Waals surface area contributed by atoms with Crippen LogP contribution in [0.2, 0.25) is 0 Å². The van der Waals surface area contributed by atoms with Crippen LogP contribution >= 0.6 is 0 Å². The normalized spacial score (nSPS) is 16.3. The summed E-state index contributed by atoms with van der Waals surface area (Å²) in [6.45, 7) is 6.39. The second-order valence-electron chi connectivity index (χ2n) is 5.50. The Kier molecular flexibility index (Phi) is 4.15. The van der Waals surface area contributed by atoms with Crippen molar-refractivity contribution in [3.05, 3.63) is 42.1 Å². The van der Waals surface area contributed by atoms with Crippen LogP contribution < -0.4 is 0 Å². The minimum atomic E-state index is 0.265. The standard InChI is InChI=1S/C17H21N3O/c1-2-16(21)20-11-9-19(10-12-20)13-15-6-3-5-14-7-4-8-18-17(14)15/h3-8H,2,9-13H2,1H3. The summed E-state index contributed by atoms with van der Waals surface area (Å²) in [4.78, 5) is 20.6. The molecule has 1 fully saturated rings. The van der Waals surface area contributed by atoms with E-state index in [1.807, 2.05) is 24.1 Å². The third-order valence-electron chi connectivity index (χ3n) is 4.14. The summed E-state index contributed by atoms with van der Waals surface area (Å²) in [6.07, 6.45) is 2.46. The Bertz CT molecular complexity index is 627. The maximum Gasteiger partial charge on any atom is 0.222 e. The van der Waals surface area contributed by atoms with Crippen LogP contribution in [0.25, 0.3) is 10.9 Å². The van der Waals surface area contributed by atoms with Gasteiger partial charge in [0.2, 0.25) is 5.91 Å². The van der Waals surface area contributed by atoms with Gasteiger partial charge >= 0.3 is 0 Å². The molecular weight excluding hydrogens is 262 g/mol. The second-order valence-corrected chi connectivity index (χ2v) is 5.50. The largest absolute Gasteiger partial charge is 0.340 e. The number of hydrogen-bond acceptors (Lipinski definition) is 3. The Morgan fingerprint density at radius 3 is 2.67 bits per heavy atom. The lowest BCUT2D eigenvalue weighted by Gasteiger charge is -2.34. The first kappa shape index (κ1) is 14.0. The zero-order chi connectivity index (χ0) is 14.7. The van der Waals surface area contributed by atoms with Gasteiger partial charge in [-0.25, -0.2) is 0 Å². The average molecular weight is 283 g/mol. The van der Waals surface area contributed by atoms with Gasteiger partial charge in [0.1, 0.15) is 0 Å². The predicted octanol–water partition coefficient (Wildman–Crippen LogP) is 2.29. The van der Waals surface area contributed by atoms with Crippen molar-refractivity contribution in [1.82, 2.24) is 14.8 Å². The summed E-state index contributed by atoms with van der Waals surface area (Å²) in [5.74, 6) is 0.265. The van der Waals surface area contributed by atoms with Gasteiger partial charge in [-0.1, -0.05) is 31.2 Å². The SMILES string of the molecule is CCC(=O)N1CCN(Cc2cccc3cccnc23)CC1. The first-order valence-electron chi connectivity index (χ1n) is 7.60. The van der Waals surface area contributed by atoms with Crippen LogP contribution in [0.1, 0.15) is 18.9 Å². The maximum absolute atomic E-state index is 11.7. The number of piperazine rings is 1. The molecule has 0 spiro atoms. The van der Waals surface area contributed by atoms with Gasteiger partial charge in [0.15, 0.2) is 0 Å². The molecule has 1 aromatic carbocycles. The number of fused-ring (bicyclic) bond motifs is 1. The maximum atomic E-state index is 11.7. The fourth-order valence-corrected chi connectivity index (χ4v) is 2.91. The molecule has 0 saturated carbocycles. The molecule has 1 amide bonds. The molecule has 1 saturated heterocycles. The topological polar surface area (TPSA) is 36.4 Å². The number of amides is 1. The van der Waals surface area contributed by atoms with E-state index in [1.165, 1.54) is 10.9 Å². The first-order chi connectivity index (χ1) is 10.3. The van der Waals surface area contributed by atoms with E-state index >= 15 is 0 Å². The summed E-state index contributed by atoms with van der Waals surface area (Å²) in [5, 5.41) is 1.19. The van der Waals surface area contributed by atoms with E-state index < -0.39 is 0 Å². The van der Waals surface area contributed by atoms with Gasteiger partial charge in [-0.05, 0) is 11.6 Å². The van der Waals surface area contributed by atoms with Crippen LogP contribution in [-0.4, -0.2) is 46.9 Å². The fourth-order valence-electron chi connectivity index (χ4n) is 2.91. The highest BCUT2D eigenvalue weighted by atomic mass is 16.2. The van der Waals surface area contributed by atoms with E-state index in [0.29, 0.717) is 6.42 Å². The number of aromatic nitrogens is 1. The molecule has 2 heterocycles. The molecule has 4 heteroatoms. The Morgan fingerprint density at radius 2 is 1.90 bits per heavy atom. The smallest absolute Gasteiger partial charge is 0.222 e. The van der Waals surface area contributed by atoms with Crippen molar-refractivity contribution < 1.29 is 4.79 Å². The molecule has 1 aromatic heterocycles. The third-order valence-corrected chi connectivity index (χ3v) is 4.14. The number of hydrogen-bond donors (Lipinski definition) is 0. The summed E-state index contributed by atoms with van der Waals surface area (Å²) in [5.41, 5.74) is 2.36. The van der Waals surface area contributed by atoms with Crippen molar-refractivity contribution in [2.75, 3.05) is 26.2 Å². The lowest BCUT2D eigenvalue weighted by atomic mass is 10.1. The van der Waals surface area contributed by atoms with Crippen LogP contribution in [-0.2, 0) is 11.3 Å². The van der Waals surface area contributed by atoms with Gasteiger partial charge in [0.05, 0.1) is 5.52 Å². The molecule has 0 radical (unpaired) electrons. The zero-order valence-corrected chi connectivity index (χ0v) is 12.5. The average Bonchev–Trinajstić information content (AvgIpc) is 2.55. The number of pyridine rings is 1. The molecule has 110 valence electrons. The Morgan fingerprint density at radius 1 is 1.14 bits per heavy atom. The van der Waals surface area contributed by atoms with E-state index in [1.54, 1.807) is 0 Å². The van der Waals surface area contributed by atoms with Crippen LogP contribution in [0.15, 0.2) is 36.5 Å². The van der Waals surface area contributed by atoms with Gasteiger partial charge < -0.3 is 4.90 Å². The molecule has 2 aromatic rings. The molecule has 0 N–H and O–H groups in total. The highest BCUT2D eigenvalue weighted by molar-refractivity contribution is 5.81. The number of carbonyl (C=O) groups excluding carboxylic acids is 1. The summed E-state index contributed by atoms with van der Waals surface area (Å²) >= 11 is 0.